The predicted octanol–water partition coefficient (Wildman–Crippen LogP) is 3.21. The smallest absolute Gasteiger partial charge is 0.310 e. The molecule has 0 fully saturated rings. The highest BCUT2D eigenvalue weighted by Crippen LogP contribution is 2.26. The molecule has 1 N–H and O–H groups in total. The molecule has 0 unspecified atom stereocenters. The number of aromatic nitrogens is 1. The third-order valence-electron chi connectivity index (χ3n) is 3.56. The average molecular weight is 375 g/mol. The summed E-state index contributed by atoms with van der Waals surface area (Å²) in [7, 11) is 1.56. The van der Waals surface area contributed by atoms with Crippen LogP contribution in [-0.2, 0) is 20.7 Å². The van der Waals surface area contributed by atoms with E-state index in [0.717, 1.165) is 5.39 Å². The van der Waals surface area contributed by atoms with Crippen LogP contribution in [0.5, 0.6) is 5.75 Å². The molecule has 3 aromatic rings. The molecule has 134 valence electrons. The Morgan fingerprint density at radius 3 is 2.85 bits per heavy atom. The minimum atomic E-state index is -0.539. The lowest BCUT2D eigenvalue weighted by Gasteiger charge is -2.06. The van der Waals surface area contributed by atoms with Gasteiger partial charge in [0.1, 0.15) is 17.2 Å². The topological polar surface area (TPSA) is 90.7 Å². The van der Waals surface area contributed by atoms with Crippen LogP contribution < -0.4 is 10.1 Å². The summed E-state index contributed by atoms with van der Waals surface area (Å²) < 4.78 is 15.5. The van der Waals surface area contributed by atoms with Crippen molar-refractivity contribution < 1.29 is 23.5 Å². The van der Waals surface area contributed by atoms with Gasteiger partial charge in [-0.15, -0.1) is 0 Å². The highest BCUT2D eigenvalue weighted by molar-refractivity contribution is 6.30. The van der Waals surface area contributed by atoms with E-state index in [0.29, 0.717) is 27.7 Å². The van der Waals surface area contributed by atoms with E-state index in [9.17, 15) is 9.59 Å². The second kappa shape index (κ2) is 7.88. The Morgan fingerprint density at radius 2 is 2.12 bits per heavy atom. The number of hydrogen-bond acceptors (Lipinski definition) is 6. The third-order valence-corrected chi connectivity index (χ3v) is 3.78. The Kier molecular flexibility index (Phi) is 5.38. The van der Waals surface area contributed by atoms with Gasteiger partial charge in [0.2, 0.25) is 0 Å². The normalized spacial score (nSPS) is 10.5. The summed E-state index contributed by atoms with van der Waals surface area (Å²) in [6.07, 6.45) is 2.89. The molecule has 7 nitrogen and oxygen atoms in total. The molecular formula is C18H15ClN2O5. The number of anilines is 1. The molecule has 0 atom stereocenters. The number of nitrogens with zero attached hydrogens (tertiary/aromatic N) is 1. The van der Waals surface area contributed by atoms with Crippen LogP contribution in [-0.4, -0.2) is 30.6 Å². The first-order valence-electron chi connectivity index (χ1n) is 7.66. The maximum atomic E-state index is 12.0. The van der Waals surface area contributed by atoms with E-state index in [-0.39, 0.29) is 6.42 Å². The van der Waals surface area contributed by atoms with E-state index >= 15 is 0 Å². The Balaban J connectivity index is 1.54. The Hall–Kier alpha value is -3.06. The lowest BCUT2D eigenvalue weighted by atomic mass is 10.1. The average Bonchev–Trinajstić information content (AvgIpc) is 3.04. The molecular weight excluding hydrogens is 360 g/mol. The number of pyridine rings is 1. The van der Waals surface area contributed by atoms with E-state index in [1.54, 1.807) is 37.4 Å². The maximum Gasteiger partial charge on any atom is 0.310 e. The zero-order chi connectivity index (χ0) is 18.5. The van der Waals surface area contributed by atoms with Crippen molar-refractivity contribution in [1.82, 2.24) is 4.98 Å². The number of benzene rings is 1. The minimum Gasteiger partial charge on any atom is -0.497 e. The number of fused-ring (bicyclic) bond motifs is 1. The van der Waals surface area contributed by atoms with Gasteiger partial charge < -0.3 is 19.2 Å². The Labute approximate surface area is 153 Å². The highest BCUT2D eigenvalue weighted by atomic mass is 35.5. The molecule has 0 aliphatic rings. The van der Waals surface area contributed by atoms with E-state index in [4.69, 9.17) is 25.5 Å². The second-order valence-electron chi connectivity index (χ2n) is 5.37. The number of furan rings is 1. The Morgan fingerprint density at radius 1 is 1.27 bits per heavy atom. The van der Waals surface area contributed by atoms with Gasteiger partial charge in [-0.2, -0.15) is 0 Å². The fraction of sp³-hybridized carbons (Fsp3) is 0.167. The molecule has 1 amide bonds. The first kappa shape index (κ1) is 17.8. The molecule has 2 aromatic heterocycles. The van der Waals surface area contributed by atoms with Crippen LogP contribution in [0.1, 0.15) is 5.56 Å². The van der Waals surface area contributed by atoms with Crippen molar-refractivity contribution in [3.8, 4) is 5.75 Å². The first-order chi connectivity index (χ1) is 12.5. The zero-order valence-corrected chi connectivity index (χ0v) is 14.6. The molecule has 0 spiro atoms. The number of methoxy groups -OCH3 is 1. The molecule has 1 aromatic carbocycles. The number of halogens is 1. The molecule has 8 heteroatoms. The monoisotopic (exact) mass is 374 g/mol. The van der Waals surface area contributed by atoms with Crippen LogP contribution in [0.4, 0.5) is 5.82 Å². The number of carbonyl (C=O) groups excluding carboxylic acids is 2. The molecule has 0 saturated carbocycles. The maximum absolute atomic E-state index is 12.0. The SMILES string of the molecule is COc1ccc2c(CC(=O)OCC(=O)Nc3ccc(Cl)cn3)coc2c1. The van der Waals surface area contributed by atoms with Crippen molar-refractivity contribution >= 4 is 40.3 Å². The fourth-order valence-electron chi connectivity index (χ4n) is 2.31. The number of hydrogen-bond donors (Lipinski definition) is 1. The quantitative estimate of drug-likeness (QED) is 0.666. The second-order valence-corrected chi connectivity index (χ2v) is 5.81. The summed E-state index contributed by atoms with van der Waals surface area (Å²) >= 11 is 5.72. The number of amides is 1. The summed E-state index contributed by atoms with van der Waals surface area (Å²) in [6, 6.07) is 8.46. The largest absolute Gasteiger partial charge is 0.497 e. The number of esters is 1. The number of nitrogens with one attached hydrogen (secondary N) is 1. The summed E-state index contributed by atoms with van der Waals surface area (Å²) in [4.78, 5) is 27.7. The molecule has 26 heavy (non-hydrogen) atoms. The van der Waals surface area contributed by atoms with Gasteiger partial charge in [0.05, 0.1) is 24.8 Å². The van der Waals surface area contributed by atoms with Gasteiger partial charge in [0, 0.05) is 23.2 Å². The zero-order valence-electron chi connectivity index (χ0n) is 13.8. The van der Waals surface area contributed by atoms with Crippen molar-refractivity contribution in [3.63, 3.8) is 0 Å². The van der Waals surface area contributed by atoms with Crippen molar-refractivity contribution in [3.05, 3.63) is 53.4 Å². The molecule has 0 aliphatic carbocycles. The summed E-state index contributed by atoms with van der Waals surface area (Å²) in [5.41, 5.74) is 1.28. The predicted molar refractivity (Wildman–Crippen MR) is 95.3 cm³/mol. The van der Waals surface area contributed by atoms with Gasteiger partial charge in [-0.25, -0.2) is 4.98 Å². The van der Waals surface area contributed by atoms with Gasteiger partial charge in [0.25, 0.3) is 5.91 Å². The van der Waals surface area contributed by atoms with Gasteiger partial charge >= 0.3 is 5.97 Å². The molecule has 0 bridgehead atoms. The van der Waals surface area contributed by atoms with Crippen LogP contribution >= 0.6 is 11.6 Å². The molecule has 3 rings (SSSR count). The van der Waals surface area contributed by atoms with Crippen molar-refractivity contribution in [2.75, 3.05) is 19.0 Å². The van der Waals surface area contributed by atoms with E-state index in [1.165, 1.54) is 12.5 Å². The van der Waals surface area contributed by atoms with E-state index in [1.807, 2.05) is 0 Å². The van der Waals surface area contributed by atoms with Crippen molar-refractivity contribution in [2.45, 2.75) is 6.42 Å². The lowest BCUT2D eigenvalue weighted by molar-refractivity contribution is -0.146. The highest BCUT2D eigenvalue weighted by Gasteiger charge is 2.14. The Bertz CT molecular complexity index is 936. The summed E-state index contributed by atoms with van der Waals surface area (Å²) in [5, 5.41) is 3.75. The van der Waals surface area contributed by atoms with E-state index < -0.39 is 18.5 Å². The van der Waals surface area contributed by atoms with Crippen molar-refractivity contribution in [1.29, 1.82) is 0 Å². The third kappa shape index (κ3) is 4.31. The molecule has 2 heterocycles. The standard InChI is InChI=1S/C18H15ClN2O5/c1-24-13-3-4-14-11(9-25-15(14)7-13)6-18(23)26-10-17(22)21-16-5-2-12(19)8-20-16/h2-5,7-9H,6,10H2,1H3,(H,20,21,22). The van der Waals surface area contributed by atoms with Crippen LogP contribution in [0.2, 0.25) is 5.02 Å². The number of carbonyl (C=O) groups is 2. The van der Waals surface area contributed by atoms with Crippen LogP contribution in [0.3, 0.4) is 0 Å². The fourth-order valence-corrected chi connectivity index (χ4v) is 2.42. The lowest BCUT2D eigenvalue weighted by Crippen LogP contribution is -2.22. The van der Waals surface area contributed by atoms with Gasteiger partial charge in [0.15, 0.2) is 6.61 Å². The van der Waals surface area contributed by atoms with Crippen LogP contribution in [0.25, 0.3) is 11.0 Å². The van der Waals surface area contributed by atoms with Gasteiger partial charge in [-0.1, -0.05) is 11.6 Å². The van der Waals surface area contributed by atoms with Crippen LogP contribution in [0, 0.1) is 0 Å². The van der Waals surface area contributed by atoms with Crippen molar-refractivity contribution in [2.24, 2.45) is 0 Å². The molecule has 0 saturated heterocycles. The molecule has 0 aliphatic heterocycles. The van der Waals surface area contributed by atoms with Gasteiger partial charge in [-0.05, 0) is 24.3 Å². The van der Waals surface area contributed by atoms with Crippen LogP contribution in [0.15, 0.2) is 47.2 Å². The first-order valence-corrected chi connectivity index (χ1v) is 8.04. The minimum absolute atomic E-state index is 0.00813. The van der Waals surface area contributed by atoms with Gasteiger partial charge in [-0.3, -0.25) is 9.59 Å². The summed E-state index contributed by atoms with van der Waals surface area (Å²) in [5.74, 6) is -0.0450. The molecule has 0 radical (unpaired) electrons. The summed E-state index contributed by atoms with van der Waals surface area (Å²) in [6.45, 7) is -0.410. The number of rotatable bonds is 6. The van der Waals surface area contributed by atoms with E-state index in [2.05, 4.69) is 10.3 Å². The number of ether oxygens (including phenoxy) is 2.